The van der Waals surface area contributed by atoms with Gasteiger partial charge in [-0.25, -0.2) is 9.97 Å². The molecule has 208 valence electrons. The number of benzene rings is 3. The largest absolute Gasteiger partial charge is 0.493 e. The number of ether oxygens (including phenoxy) is 3. The third kappa shape index (κ3) is 5.17. The van der Waals surface area contributed by atoms with Crippen LogP contribution in [0, 0.1) is 0 Å². The van der Waals surface area contributed by atoms with Crippen LogP contribution in [0.15, 0.2) is 66.0 Å². The van der Waals surface area contributed by atoms with Gasteiger partial charge < -0.3 is 30.6 Å². The lowest BCUT2D eigenvalue weighted by Gasteiger charge is -2.28. The molecule has 11 heteroatoms. The van der Waals surface area contributed by atoms with Crippen molar-refractivity contribution in [3.8, 4) is 38.4 Å². The van der Waals surface area contributed by atoms with Crippen molar-refractivity contribution in [1.82, 2.24) is 9.97 Å². The molecule has 0 radical (unpaired) electrons. The van der Waals surface area contributed by atoms with E-state index in [0.717, 1.165) is 38.8 Å². The highest BCUT2D eigenvalue weighted by atomic mass is 32.1. The molecule has 0 fully saturated rings. The molecule has 1 unspecified atom stereocenters. The molecule has 1 aliphatic rings. The van der Waals surface area contributed by atoms with E-state index in [1.807, 2.05) is 47.8 Å². The van der Waals surface area contributed by atoms with Crippen LogP contribution in [-0.4, -0.2) is 37.2 Å². The summed E-state index contributed by atoms with van der Waals surface area (Å²) in [7, 11) is 4.69. The maximum atomic E-state index is 12.9. The molecule has 0 aliphatic heterocycles. The number of carbonyl (C=O) groups excluding carboxylic acids is 1. The maximum absolute atomic E-state index is 12.9. The zero-order chi connectivity index (χ0) is 28.5. The summed E-state index contributed by atoms with van der Waals surface area (Å²) >= 11 is 2.89. The Morgan fingerprint density at radius 1 is 0.951 bits per heavy atom. The molecule has 9 nitrogen and oxygen atoms in total. The minimum Gasteiger partial charge on any atom is -0.493 e. The molecule has 2 aromatic heterocycles. The Balaban J connectivity index is 1.18. The number of fused-ring (bicyclic) bond motifs is 1. The number of carbonyl (C=O) groups is 1. The van der Waals surface area contributed by atoms with Gasteiger partial charge in [-0.3, -0.25) is 4.79 Å². The van der Waals surface area contributed by atoms with Crippen molar-refractivity contribution in [2.75, 3.05) is 37.7 Å². The number of rotatable bonds is 9. The second kappa shape index (κ2) is 11.1. The molecule has 0 saturated heterocycles. The molecule has 1 atom stereocenters. The van der Waals surface area contributed by atoms with Gasteiger partial charge in [-0.15, -0.1) is 11.3 Å². The van der Waals surface area contributed by atoms with Gasteiger partial charge in [0, 0.05) is 34.5 Å². The summed E-state index contributed by atoms with van der Waals surface area (Å²) in [5.41, 5.74) is 11.8. The third-order valence-corrected chi connectivity index (χ3v) is 8.85. The number of methoxy groups -OCH3 is 3. The molecule has 0 spiro atoms. The second-order valence-corrected chi connectivity index (χ2v) is 11.2. The van der Waals surface area contributed by atoms with Gasteiger partial charge in [0.15, 0.2) is 16.6 Å². The van der Waals surface area contributed by atoms with Gasteiger partial charge in [0.25, 0.3) is 0 Å². The lowest BCUT2D eigenvalue weighted by Crippen LogP contribution is -2.30. The van der Waals surface area contributed by atoms with Crippen molar-refractivity contribution in [2.45, 2.75) is 12.3 Å². The highest BCUT2D eigenvalue weighted by Gasteiger charge is 2.31. The monoisotopic (exact) mass is 585 g/mol. The van der Waals surface area contributed by atoms with E-state index in [1.165, 1.54) is 28.2 Å². The topological polar surface area (TPSA) is 121 Å². The summed E-state index contributed by atoms with van der Waals surface area (Å²) in [6, 6.07) is 19.4. The van der Waals surface area contributed by atoms with Crippen LogP contribution < -0.4 is 30.6 Å². The van der Waals surface area contributed by atoms with Crippen LogP contribution in [0.4, 0.5) is 22.3 Å². The normalized spacial score (nSPS) is 13.6. The molecule has 2 heterocycles. The fourth-order valence-corrected chi connectivity index (χ4v) is 6.64. The number of nitrogens with zero attached hydrogens (tertiary/aromatic N) is 2. The van der Waals surface area contributed by atoms with Crippen LogP contribution in [-0.2, 0) is 11.2 Å². The number of nitrogen functional groups attached to an aromatic ring is 1. The molecule has 1 amide bonds. The first kappa shape index (κ1) is 26.6. The lowest BCUT2D eigenvalue weighted by molar-refractivity contribution is -0.118. The Morgan fingerprint density at radius 2 is 1.73 bits per heavy atom. The Morgan fingerprint density at radius 3 is 2.46 bits per heavy atom. The first-order valence-electron chi connectivity index (χ1n) is 12.8. The van der Waals surface area contributed by atoms with Crippen LogP contribution >= 0.6 is 22.7 Å². The van der Waals surface area contributed by atoms with Crippen LogP contribution in [0.1, 0.15) is 17.0 Å². The van der Waals surface area contributed by atoms with Crippen molar-refractivity contribution in [2.24, 2.45) is 0 Å². The summed E-state index contributed by atoms with van der Waals surface area (Å²) < 4.78 is 16.3. The van der Waals surface area contributed by atoms with Crippen molar-refractivity contribution in [3.05, 3.63) is 77.2 Å². The first-order valence-corrected chi connectivity index (χ1v) is 14.4. The van der Waals surface area contributed by atoms with Crippen molar-refractivity contribution < 1.29 is 19.0 Å². The van der Waals surface area contributed by atoms with Gasteiger partial charge in [-0.05, 0) is 29.7 Å². The number of amides is 1. The van der Waals surface area contributed by atoms with Gasteiger partial charge in [0.2, 0.25) is 11.7 Å². The Hall–Kier alpha value is -4.61. The molecule has 6 rings (SSSR count). The number of nitrogens with one attached hydrogen (secondary N) is 2. The van der Waals surface area contributed by atoms with Crippen LogP contribution in [0.5, 0.6) is 17.2 Å². The quantitative estimate of drug-likeness (QED) is 0.178. The Kier molecular flexibility index (Phi) is 7.21. The Labute approximate surface area is 245 Å². The first-order chi connectivity index (χ1) is 20.0. The summed E-state index contributed by atoms with van der Waals surface area (Å²) in [6.45, 7) is 0. The van der Waals surface area contributed by atoms with Crippen LogP contribution in [0.3, 0.4) is 0 Å². The molecule has 41 heavy (non-hydrogen) atoms. The van der Waals surface area contributed by atoms with E-state index in [4.69, 9.17) is 24.9 Å². The number of thiazole rings is 2. The summed E-state index contributed by atoms with van der Waals surface area (Å²) in [6.07, 6.45) is 0.768. The van der Waals surface area contributed by atoms with Crippen LogP contribution in [0.25, 0.3) is 21.1 Å². The van der Waals surface area contributed by atoms with E-state index in [0.29, 0.717) is 33.9 Å². The average Bonchev–Trinajstić information content (AvgIpc) is 3.59. The van der Waals surface area contributed by atoms with Crippen LogP contribution in [0.2, 0.25) is 0 Å². The van der Waals surface area contributed by atoms with Gasteiger partial charge in [0.1, 0.15) is 15.7 Å². The number of hydrogen-bond acceptors (Lipinski definition) is 10. The smallest absolute Gasteiger partial charge is 0.232 e. The number of anilines is 4. The molecule has 0 bridgehead atoms. The van der Waals surface area contributed by atoms with E-state index < -0.39 is 0 Å². The summed E-state index contributed by atoms with van der Waals surface area (Å²) in [5, 5.41) is 9.68. The van der Waals surface area contributed by atoms with Crippen molar-refractivity contribution in [1.29, 1.82) is 0 Å². The van der Waals surface area contributed by atoms with Gasteiger partial charge in [-0.1, -0.05) is 47.7 Å². The van der Waals surface area contributed by atoms with Gasteiger partial charge >= 0.3 is 0 Å². The number of aromatic nitrogens is 2. The van der Waals surface area contributed by atoms with E-state index >= 15 is 0 Å². The molecule has 4 N–H and O–H groups in total. The predicted octanol–water partition coefficient (Wildman–Crippen LogP) is 6.56. The fourth-order valence-electron chi connectivity index (χ4n) is 4.80. The van der Waals surface area contributed by atoms with E-state index in [9.17, 15) is 4.79 Å². The minimum absolute atomic E-state index is 0.00406. The minimum atomic E-state index is -0.113. The summed E-state index contributed by atoms with van der Waals surface area (Å²) in [4.78, 5) is 23.0. The van der Waals surface area contributed by atoms with Crippen molar-refractivity contribution >= 4 is 50.9 Å². The molecule has 3 aromatic carbocycles. The van der Waals surface area contributed by atoms with Crippen molar-refractivity contribution in [3.63, 3.8) is 0 Å². The molecular formula is C30H27N5O4S2. The molecule has 0 saturated carbocycles. The standard InChI is InChI=1S/C30H27N5O4S2/c1-37-23-13-19(14-24(38-2)25(23)39-3)33-30-35-27(31)26(41-30)29-34-22(15-40-29)17-8-6-9-18(11-17)32-28(36)21-12-16-7-4-5-10-20(16)21/h4-11,13-15,21H,12,31H2,1-3H3,(H,32,36)(H,33,35). The van der Waals surface area contributed by atoms with E-state index in [-0.39, 0.29) is 11.8 Å². The zero-order valence-electron chi connectivity index (χ0n) is 22.6. The molecule has 1 aliphatic carbocycles. The van der Waals surface area contributed by atoms with E-state index in [1.54, 1.807) is 33.5 Å². The molecular weight excluding hydrogens is 558 g/mol. The third-order valence-electron chi connectivity index (χ3n) is 6.86. The molecule has 5 aromatic rings. The second-order valence-electron chi connectivity index (χ2n) is 9.34. The Bertz CT molecular complexity index is 1720. The average molecular weight is 586 g/mol. The lowest BCUT2D eigenvalue weighted by atomic mass is 9.77. The maximum Gasteiger partial charge on any atom is 0.232 e. The predicted molar refractivity (Wildman–Crippen MR) is 164 cm³/mol. The number of hydrogen-bond donors (Lipinski definition) is 3. The van der Waals surface area contributed by atoms with Gasteiger partial charge in [0.05, 0.1) is 32.9 Å². The fraction of sp³-hybridized carbons (Fsp3) is 0.167. The van der Waals surface area contributed by atoms with E-state index in [2.05, 4.69) is 21.7 Å². The van der Waals surface area contributed by atoms with Gasteiger partial charge in [-0.2, -0.15) is 0 Å². The highest BCUT2D eigenvalue weighted by molar-refractivity contribution is 7.23. The zero-order valence-corrected chi connectivity index (χ0v) is 24.2. The number of nitrogens with two attached hydrogens (primary N) is 1. The SMILES string of the molecule is COc1cc(Nc2nc(N)c(-c3nc(-c4cccc(NC(=O)C5Cc6ccccc65)c4)cs3)s2)cc(OC)c1OC. The summed E-state index contributed by atoms with van der Waals surface area (Å²) in [5.74, 6) is 1.83. The highest BCUT2D eigenvalue weighted by Crippen LogP contribution is 2.43.